The van der Waals surface area contributed by atoms with Crippen molar-refractivity contribution in [3.05, 3.63) is 59.7 Å². The minimum Gasteiger partial charge on any atom is -0.454 e. The molecule has 0 aliphatic carbocycles. The maximum absolute atomic E-state index is 12.4. The number of rotatable bonds is 3. The zero-order valence-corrected chi connectivity index (χ0v) is 12.4. The summed E-state index contributed by atoms with van der Waals surface area (Å²) in [4.78, 5) is 12.4. The van der Waals surface area contributed by atoms with Gasteiger partial charge in [0.05, 0.1) is 6.17 Å². The van der Waals surface area contributed by atoms with Crippen LogP contribution in [0.25, 0.3) is 0 Å². The van der Waals surface area contributed by atoms with Gasteiger partial charge in [0, 0.05) is 18.0 Å². The highest BCUT2D eigenvalue weighted by Gasteiger charge is 2.26. The smallest absolute Gasteiger partial charge is 0.252 e. The molecule has 2 heterocycles. The van der Waals surface area contributed by atoms with Crippen LogP contribution in [-0.2, 0) is 0 Å². The summed E-state index contributed by atoms with van der Waals surface area (Å²) in [6.07, 6.45) is 0.651. The molecule has 1 fully saturated rings. The number of fused-ring (bicyclic) bond motifs is 1. The summed E-state index contributed by atoms with van der Waals surface area (Å²) in [5.74, 6) is 1.14. The predicted molar refractivity (Wildman–Crippen MR) is 83.9 cm³/mol. The Labute approximate surface area is 133 Å². The molecule has 2 aliphatic rings. The predicted octanol–water partition coefficient (Wildman–Crippen LogP) is 1.71. The number of carbonyl (C=O) groups is 1. The molecular weight excluding hydrogens is 294 g/mol. The highest BCUT2D eigenvalue weighted by atomic mass is 16.7. The second kappa shape index (κ2) is 5.91. The summed E-state index contributed by atoms with van der Waals surface area (Å²) >= 11 is 0. The average molecular weight is 311 g/mol. The third-order valence-corrected chi connectivity index (χ3v) is 4.05. The van der Waals surface area contributed by atoms with Crippen molar-refractivity contribution in [1.29, 1.82) is 0 Å². The average Bonchev–Trinajstić information content (AvgIpc) is 3.24. The molecule has 2 atom stereocenters. The quantitative estimate of drug-likeness (QED) is 0.805. The Bertz CT molecular complexity index is 720. The molecule has 2 unspecified atom stereocenters. The highest BCUT2D eigenvalue weighted by Crippen LogP contribution is 2.32. The summed E-state index contributed by atoms with van der Waals surface area (Å²) in [6.45, 7) is 0.202. The van der Waals surface area contributed by atoms with Gasteiger partial charge in [-0.1, -0.05) is 30.3 Å². The first-order valence-electron chi connectivity index (χ1n) is 7.56. The van der Waals surface area contributed by atoms with Gasteiger partial charge < -0.3 is 14.8 Å². The normalized spacial score (nSPS) is 22.1. The molecule has 6 heteroatoms. The largest absolute Gasteiger partial charge is 0.454 e. The summed E-state index contributed by atoms with van der Waals surface area (Å²) in [6, 6.07) is 15.5. The first-order valence-corrected chi connectivity index (χ1v) is 7.56. The fraction of sp³-hybridized carbons (Fsp3) is 0.235. The van der Waals surface area contributed by atoms with Crippen LogP contribution in [0.3, 0.4) is 0 Å². The van der Waals surface area contributed by atoms with E-state index < -0.39 is 0 Å². The molecule has 1 saturated heterocycles. The van der Waals surface area contributed by atoms with Crippen LogP contribution in [0.2, 0.25) is 0 Å². The Balaban J connectivity index is 1.40. The van der Waals surface area contributed by atoms with Crippen LogP contribution in [0.15, 0.2) is 48.5 Å². The first kappa shape index (κ1) is 14.0. The number of hydrazine groups is 1. The molecule has 0 saturated carbocycles. The van der Waals surface area contributed by atoms with Gasteiger partial charge in [0.15, 0.2) is 11.5 Å². The van der Waals surface area contributed by atoms with E-state index in [4.69, 9.17) is 9.47 Å². The molecule has 2 aromatic carbocycles. The van der Waals surface area contributed by atoms with Crippen molar-refractivity contribution < 1.29 is 14.3 Å². The lowest BCUT2D eigenvalue weighted by atomic mass is 10.0. The molecular formula is C17H17N3O3. The Morgan fingerprint density at radius 2 is 1.87 bits per heavy atom. The van der Waals surface area contributed by atoms with Gasteiger partial charge in [-0.15, -0.1) is 0 Å². The van der Waals surface area contributed by atoms with Gasteiger partial charge in [0.25, 0.3) is 5.91 Å². The van der Waals surface area contributed by atoms with Gasteiger partial charge in [0.1, 0.15) is 0 Å². The molecule has 0 spiro atoms. The number of carbonyl (C=O) groups excluding carboxylic acids is 1. The van der Waals surface area contributed by atoms with E-state index in [1.165, 1.54) is 5.56 Å². The molecule has 2 aliphatic heterocycles. The van der Waals surface area contributed by atoms with E-state index in [9.17, 15) is 4.79 Å². The van der Waals surface area contributed by atoms with Crippen LogP contribution in [-0.4, -0.2) is 18.9 Å². The Hall–Kier alpha value is -2.57. The van der Waals surface area contributed by atoms with Gasteiger partial charge >= 0.3 is 0 Å². The van der Waals surface area contributed by atoms with E-state index in [0.29, 0.717) is 17.1 Å². The number of hydrogen-bond donors (Lipinski definition) is 3. The van der Waals surface area contributed by atoms with Crippen LogP contribution >= 0.6 is 0 Å². The molecule has 2 aromatic rings. The molecule has 118 valence electrons. The van der Waals surface area contributed by atoms with E-state index in [1.54, 1.807) is 18.2 Å². The standard InChI is InChI=1S/C17H17N3O3/c21-17(12-6-7-14-15(8-12)23-10-22-14)18-16-9-13(19-20-16)11-4-2-1-3-5-11/h1-8,13,16,19-20H,9-10H2,(H,18,21). The Morgan fingerprint density at radius 3 is 2.74 bits per heavy atom. The maximum atomic E-state index is 12.4. The second-order valence-corrected chi connectivity index (χ2v) is 5.58. The van der Waals surface area contributed by atoms with Crippen LogP contribution in [0, 0.1) is 0 Å². The zero-order chi connectivity index (χ0) is 15.6. The molecule has 3 N–H and O–H groups in total. The molecule has 23 heavy (non-hydrogen) atoms. The van der Waals surface area contributed by atoms with Crippen LogP contribution in [0.4, 0.5) is 0 Å². The number of nitrogens with one attached hydrogen (secondary N) is 3. The fourth-order valence-corrected chi connectivity index (χ4v) is 2.83. The van der Waals surface area contributed by atoms with E-state index >= 15 is 0 Å². The lowest BCUT2D eigenvalue weighted by Gasteiger charge is -2.12. The van der Waals surface area contributed by atoms with Crippen molar-refractivity contribution >= 4 is 5.91 Å². The molecule has 0 bridgehead atoms. The number of ether oxygens (including phenoxy) is 2. The lowest BCUT2D eigenvalue weighted by molar-refractivity contribution is 0.0932. The number of hydrogen-bond acceptors (Lipinski definition) is 5. The Kier molecular flexibility index (Phi) is 3.61. The minimum atomic E-state index is -0.142. The van der Waals surface area contributed by atoms with Gasteiger partial charge in [-0.05, 0) is 23.8 Å². The SMILES string of the molecule is O=C(NC1CC(c2ccccc2)NN1)c1ccc2c(c1)OCO2. The van der Waals surface area contributed by atoms with Gasteiger partial charge in [-0.25, -0.2) is 10.9 Å². The van der Waals surface area contributed by atoms with Crippen molar-refractivity contribution in [3.8, 4) is 11.5 Å². The van der Waals surface area contributed by atoms with Crippen molar-refractivity contribution in [3.63, 3.8) is 0 Å². The molecule has 1 amide bonds. The van der Waals surface area contributed by atoms with E-state index in [2.05, 4.69) is 28.3 Å². The van der Waals surface area contributed by atoms with E-state index in [0.717, 1.165) is 6.42 Å². The molecule has 0 aromatic heterocycles. The topological polar surface area (TPSA) is 71.6 Å². The number of amides is 1. The third kappa shape index (κ3) is 2.86. The maximum Gasteiger partial charge on any atom is 0.252 e. The molecule has 6 nitrogen and oxygen atoms in total. The monoisotopic (exact) mass is 311 g/mol. The molecule has 0 radical (unpaired) electrons. The van der Waals surface area contributed by atoms with Crippen LogP contribution < -0.4 is 25.6 Å². The van der Waals surface area contributed by atoms with Crippen LogP contribution in [0.1, 0.15) is 28.4 Å². The van der Waals surface area contributed by atoms with E-state index in [1.807, 2.05) is 18.2 Å². The van der Waals surface area contributed by atoms with Crippen molar-refractivity contribution in [2.24, 2.45) is 0 Å². The molecule has 4 rings (SSSR count). The van der Waals surface area contributed by atoms with Gasteiger partial charge in [0.2, 0.25) is 6.79 Å². The van der Waals surface area contributed by atoms with Gasteiger partial charge in [-0.3, -0.25) is 4.79 Å². The minimum absolute atomic E-state index is 0.127. The van der Waals surface area contributed by atoms with Crippen molar-refractivity contribution in [2.75, 3.05) is 6.79 Å². The van der Waals surface area contributed by atoms with E-state index in [-0.39, 0.29) is 24.9 Å². The lowest BCUT2D eigenvalue weighted by Crippen LogP contribution is -2.44. The highest BCUT2D eigenvalue weighted by molar-refractivity contribution is 5.95. The summed E-state index contributed by atoms with van der Waals surface area (Å²) in [5, 5.41) is 2.98. The fourth-order valence-electron chi connectivity index (χ4n) is 2.83. The summed E-state index contributed by atoms with van der Waals surface area (Å²) in [7, 11) is 0. The first-order chi connectivity index (χ1) is 11.3. The van der Waals surface area contributed by atoms with Crippen LogP contribution in [0.5, 0.6) is 11.5 Å². The summed E-state index contributed by atoms with van der Waals surface area (Å²) in [5.41, 5.74) is 8.08. The third-order valence-electron chi connectivity index (χ3n) is 4.05. The summed E-state index contributed by atoms with van der Waals surface area (Å²) < 4.78 is 10.6. The zero-order valence-electron chi connectivity index (χ0n) is 12.4. The Morgan fingerprint density at radius 1 is 1.04 bits per heavy atom. The number of benzene rings is 2. The van der Waals surface area contributed by atoms with Gasteiger partial charge in [-0.2, -0.15) is 0 Å². The van der Waals surface area contributed by atoms with Crippen molar-refractivity contribution in [2.45, 2.75) is 18.6 Å². The second-order valence-electron chi connectivity index (χ2n) is 5.58. The van der Waals surface area contributed by atoms with Crippen molar-refractivity contribution in [1.82, 2.24) is 16.2 Å².